The van der Waals surface area contributed by atoms with Gasteiger partial charge in [-0.1, -0.05) is 27.5 Å². The molecule has 0 fully saturated rings. The second-order valence-electron chi connectivity index (χ2n) is 5.86. The van der Waals surface area contributed by atoms with Gasteiger partial charge in [0.15, 0.2) is 0 Å². The highest BCUT2D eigenvalue weighted by atomic mass is 79.9. The Hall–Kier alpha value is -2.37. The predicted octanol–water partition coefficient (Wildman–Crippen LogP) is 3.13. The first-order valence-electron chi connectivity index (χ1n) is 8.20. The Morgan fingerprint density at radius 2 is 1.90 bits per heavy atom. The molecule has 30 heavy (non-hydrogen) atoms. The lowest BCUT2D eigenvalue weighted by Crippen LogP contribution is -2.40. The molecule has 0 bridgehead atoms. The lowest BCUT2D eigenvalue weighted by Gasteiger charge is -2.15. The maximum Gasteiger partial charge on any atom is 0.431 e. The maximum atomic E-state index is 13.0. The average Bonchev–Trinajstić information content (AvgIpc) is 2.67. The number of ether oxygens (including phenoxy) is 2. The number of aromatic nitrogens is 2. The zero-order valence-corrected chi connectivity index (χ0v) is 18.0. The third-order valence-electron chi connectivity index (χ3n) is 3.96. The molecule has 7 nitrogen and oxygen atoms in total. The number of carbonyl (C=O) groups is 1. The summed E-state index contributed by atoms with van der Waals surface area (Å²) in [5.74, 6) is -0.768. The van der Waals surface area contributed by atoms with Gasteiger partial charge in [0.2, 0.25) is 0 Å². The van der Waals surface area contributed by atoms with Crippen molar-refractivity contribution in [2.24, 2.45) is 7.05 Å². The van der Waals surface area contributed by atoms with E-state index in [4.69, 9.17) is 21.1 Å². The van der Waals surface area contributed by atoms with Crippen LogP contribution in [0.5, 0.6) is 0 Å². The summed E-state index contributed by atoms with van der Waals surface area (Å²) in [6, 6.07) is 4.11. The van der Waals surface area contributed by atoms with Crippen molar-refractivity contribution in [3.05, 3.63) is 66.4 Å². The maximum absolute atomic E-state index is 13.0. The standard InChI is InChI=1S/C18H15BrClF3N2O5/c1-24-14(18(21,22)23)8-15(26)25(17(24)28)10-3-4-13(20)11(7-10)12(9-19)16(27)30-6-5-29-2/h3-4,7-9H,5-6H2,1-2H3. The monoisotopic (exact) mass is 510 g/mol. The van der Waals surface area contributed by atoms with E-state index in [1.807, 2.05) is 0 Å². The molecule has 2 aromatic rings. The lowest BCUT2D eigenvalue weighted by molar-refractivity contribution is -0.144. The summed E-state index contributed by atoms with van der Waals surface area (Å²) in [7, 11) is 2.33. The van der Waals surface area contributed by atoms with Crippen LogP contribution in [-0.2, 0) is 27.5 Å². The second kappa shape index (κ2) is 9.63. The Morgan fingerprint density at radius 1 is 1.23 bits per heavy atom. The summed E-state index contributed by atoms with van der Waals surface area (Å²) < 4.78 is 49.8. The van der Waals surface area contributed by atoms with E-state index in [1.165, 1.54) is 30.3 Å². The van der Waals surface area contributed by atoms with Gasteiger partial charge in [-0.25, -0.2) is 14.2 Å². The summed E-state index contributed by atoms with van der Waals surface area (Å²) in [6.45, 7) is 0.127. The summed E-state index contributed by atoms with van der Waals surface area (Å²) >= 11 is 9.18. The van der Waals surface area contributed by atoms with Crippen LogP contribution in [0.3, 0.4) is 0 Å². The van der Waals surface area contributed by atoms with Crippen molar-refractivity contribution in [2.75, 3.05) is 20.3 Å². The van der Waals surface area contributed by atoms with E-state index in [1.54, 1.807) is 0 Å². The van der Waals surface area contributed by atoms with Gasteiger partial charge >= 0.3 is 17.8 Å². The number of hydrogen-bond acceptors (Lipinski definition) is 5. The number of rotatable bonds is 6. The molecule has 0 saturated carbocycles. The molecule has 0 aliphatic rings. The van der Waals surface area contributed by atoms with E-state index < -0.39 is 29.1 Å². The van der Waals surface area contributed by atoms with Crippen molar-refractivity contribution >= 4 is 39.1 Å². The molecule has 1 aromatic heterocycles. The topological polar surface area (TPSA) is 79.5 Å². The fraction of sp³-hybridized carbons (Fsp3) is 0.278. The largest absolute Gasteiger partial charge is 0.460 e. The zero-order valence-electron chi connectivity index (χ0n) is 15.6. The van der Waals surface area contributed by atoms with Gasteiger partial charge in [-0.2, -0.15) is 13.2 Å². The van der Waals surface area contributed by atoms with Gasteiger partial charge in [-0.05, 0) is 23.2 Å². The van der Waals surface area contributed by atoms with Crippen molar-refractivity contribution in [1.29, 1.82) is 0 Å². The third-order valence-corrected chi connectivity index (χ3v) is 4.75. The highest BCUT2D eigenvalue weighted by Gasteiger charge is 2.35. The van der Waals surface area contributed by atoms with E-state index in [-0.39, 0.29) is 35.1 Å². The molecular formula is C18H15BrClF3N2O5. The minimum Gasteiger partial charge on any atom is -0.460 e. The van der Waals surface area contributed by atoms with E-state index in [0.29, 0.717) is 15.2 Å². The quantitative estimate of drug-likeness (QED) is 0.338. The number of hydrogen-bond donors (Lipinski definition) is 0. The Balaban J connectivity index is 2.60. The van der Waals surface area contributed by atoms with Crippen LogP contribution >= 0.6 is 27.5 Å². The molecule has 0 amide bonds. The first-order chi connectivity index (χ1) is 14.0. The molecule has 0 aliphatic carbocycles. The third kappa shape index (κ3) is 5.02. The van der Waals surface area contributed by atoms with E-state index in [2.05, 4.69) is 15.9 Å². The Morgan fingerprint density at radius 3 is 2.47 bits per heavy atom. The van der Waals surface area contributed by atoms with Gasteiger partial charge in [-0.15, -0.1) is 0 Å². The molecule has 162 valence electrons. The van der Waals surface area contributed by atoms with Gasteiger partial charge in [-0.3, -0.25) is 9.36 Å². The predicted molar refractivity (Wildman–Crippen MR) is 107 cm³/mol. The van der Waals surface area contributed by atoms with E-state index >= 15 is 0 Å². The Kier molecular flexibility index (Phi) is 7.67. The fourth-order valence-corrected chi connectivity index (χ4v) is 3.16. The SMILES string of the molecule is COCCOC(=O)C(=CBr)c1cc(-n2c(=O)cc(C(F)(F)F)n(C)c2=O)ccc1Cl. The van der Waals surface area contributed by atoms with Gasteiger partial charge in [0, 0.05) is 30.8 Å². The molecule has 1 aromatic carbocycles. The lowest BCUT2D eigenvalue weighted by atomic mass is 10.1. The molecule has 1 heterocycles. The highest BCUT2D eigenvalue weighted by Crippen LogP contribution is 2.29. The summed E-state index contributed by atoms with van der Waals surface area (Å²) in [4.78, 5) is 38.3. The minimum atomic E-state index is -4.88. The summed E-state index contributed by atoms with van der Waals surface area (Å²) in [5, 5.41) is 0.0879. The summed E-state index contributed by atoms with van der Waals surface area (Å²) in [6.07, 6.45) is -4.88. The van der Waals surface area contributed by atoms with Gasteiger partial charge in [0.1, 0.15) is 12.3 Å². The van der Waals surface area contributed by atoms with Crippen LogP contribution < -0.4 is 11.2 Å². The van der Waals surface area contributed by atoms with E-state index in [0.717, 1.165) is 7.05 Å². The van der Waals surface area contributed by atoms with Crippen LogP contribution in [0.2, 0.25) is 5.02 Å². The van der Waals surface area contributed by atoms with Crippen molar-refractivity contribution < 1.29 is 27.4 Å². The van der Waals surface area contributed by atoms with Crippen LogP contribution in [0.1, 0.15) is 11.3 Å². The summed E-state index contributed by atoms with van der Waals surface area (Å²) in [5.41, 5.74) is -3.80. The van der Waals surface area contributed by atoms with Crippen molar-refractivity contribution in [3.63, 3.8) is 0 Å². The van der Waals surface area contributed by atoms with Crippen molar-refractivity contribution in [3.8, 4) is 5.69 Å². The zero-order chi connectivity index (χ0) is 22.6. The number of halogens is 5. The molecule has 0 N–H and O–H groups in total. The minimum absolute atomic E-state index is 0.0319. The van der Waals surface area contributed by atoms with Crippen LogP contribution in [0.4, 0.5) is 13.2 Å². The first kappa shape index (κ1) is 23.9. The molecule has 0 spiro atoms. The van der Waals surface area contributed by atoms with Gasteiger partial charge in [0.25, 0.3) is 5.56 Å². The van der Waals surface area contributed by atoms with E-state index in [9.17, 15) is 27.6 Å². The highest BCUT2D eigenvalue weighted by molar-refractivity contribution is 9.11. The van der Waals surface area contributed by atoms with Gasteiger partial charge in [0.05, 0.1) is 17.9 Å². The van der Waals surface area contributed by atoms with Crippen LogP contribution in [0.25, 0.3) is 11.3 Å². The normalized spacial score (nSPS) is 12.2. The van der Waals surface area contributed by atoms with Crippen molar-refractivity contribution in [1.82, 2.24) is 9.13 Å². The fourth-order valence-electron chi connectivity index (χ4n) is 2.50. The first-order valence-corrected chi connectivity index (χ1v) is 9.49. The number of carbonyl (C=O) groups excluding carboxylic acids is 1. The number of alkyl halides is 3. The van der Waals surface area contributed by atoms with Crippen LogP contribution in [0, 0.1) is 0 Å². The Labute approximate surface area is 181 Å². The number of nitrogens with zero attached hydrogens (tertiary/aromatic N) is 2. The number of esters is 1. The number of benzene rings is 1. The molecule has 0 aliphatic heterocycles. The molecule has 12 heteroatoms. The smallest absolute Gasteiger partial charge is 0.431 e. The molecule has 0 saturated heterocycles. The molecule has 0 radical (unpaired) electrons. The molecule has 0 atom stereocenters. The van der Waals surface area contributed by atoms with Crippen LogP contribution in [0.15, 0.2) is 38.8 Å². The van der Waals surface area contributed by atoms with Crippen molar-refractivity contribution in [2.45, 2.75) is 6.18 Å². The molecule has 0 unspecified atom stereocenters. The molecular weight excluding hydrogens is 497 g/mol. The number of methoxy groups -OCH3 is 1. The van der Waals surface area contributed by atoms with Crippen LogP contribution in [-0.4, -0.2) is 35.4 Å². The van der Waals surface area contributed by atoms with Gasteiger partial charge < -0.3 is 9.47 Å². The molecule has 2 rings (SSSR count). The second-order valence-corrected chi connectivity index (χ2v) is 6.72. The Bertz CT molecular complexity index is 1110. The average molecular weight is 512 g/mol.